The van der Waals surface area contributed by atoms with E-state index in [0.29, 0.717) is 0 Å². The van der Waals surface area contributed by atoms with E-state index in [9.17, 15) is 9.90 Å². The highest BCUT2D eigenvalue weighted by Gasteiger charge is 2.18. The molecule has 20 heavy (non-hydrogen) atoms. The Hall–Kier alpha value is -2.33. The number of aliphatic carboxylic acids is 1. The Morgan fingerprint density at radius 3 is 2.45 bits per heavy atom. The zero-order valence-electron chi connectivity index (χ0n) is 11.2. The number of carbonyl (C=O) groups is 1. The van der Waals surface area contributed by atoms with E-state index in [-0.39, 0.29) is 6.61 Å². The third-order valence-electron chi connectivity index (χ3n) is 2.97. The highest BCUT2D eigenvalue weighted by molar-refractivity contribution is 5.83. The summed E-state index contributed by atoms with van der Waals surface area (Å²) in [6.07, 6.45) is 0. The van der Waals surface area contributed by atoms with E-state index in [2.05, 4.69) is 5.32 Å². The predicted octanol–water partition coefficient (Wildman–Crippen LogP) is 2.87. The van der Waals surface area contributed by atoms with Crippen molar-refractivity contribution in [3.05, 3.63) is 54.6 Å². The Bertz CT molecular complexity index is 569. The highest BCUT2D eigenvalue weighted by atomic mass is 16.5. The quantitative estimate of drug-likeness (QED) is 0.848. The Balaban J connectivity index is 2.31. The number of carboxylic acids is 1. The fraction of sp³-hybridized carbons (Fsp3) is 0.188. The van der Waals surface area contributed by atoms with Gasteiger partial charge in [0.05, 0.1) is 6.61 Å². The van der Waals surface area contributed by atoms with Crippen LogP contribution in [0.4, 0.5) is 5.69 Å². The Kier molecular flexibility index (Phi) is 4.74. The van der Waals surface area contributed by atoms with Crippen LogP contribution in [0.2, 0.25) is 0 Å². The summed E-state index contributed by atoms with van der Waals surface area (Å²) in [6, 6.07) is 16.7. The summed E-state index contributed by atoms with van der Waals surface area (Å²) >= 11 is 0. The van der Waals surface area contributed by atoms with E-state index in [1.807, 2.05) is 54.6 Å². The van der Waals surface area contributed by atoms with Crippen molar-refractivity contribution in [3.63, 3.8) is 0 Å². The summed E-state index contributed by atoms with van der Waals surface area (Å²) in [5, 5.41) is 12.2. The van der Waals surface area contributed by atoms with E-state index < -0.39 is 12.0 Å². The summed E-state index contributed by atoms with van der Waals surface area (Å²) < 4.78 is 4.94. The lowest BCUT2D eigenvalue weighted by Crippen LogP contribution is -2.33. The zero-order chi connectivity index (χ0) is 14.4. The lowest BCUT2D eigenvalue weighted by molar-refractivity contribution is -0.139. The van der Waals surface area contributed by atoms with E-state index >= 15 is 0 Å². The highest BCUT2D eigenvalue weighted by Crippen LogP contribution is 2.28. The summed E-state index contributed by atoms with van der Waals surface area (Å²) in [5.41, 5.74) is 2.79. The molecule has 0 amide bonds. The number of ether oxygens (including phenoxy) is 1. The van der Waals surface area contributed by atoms with Crippen molar-refractivity contribution in [2.45, 2.75) is 6.04 Å². The molecular formula is C16H17NO3. The molecule has 0 aliphatic heterocycles. The first-order valence-electron chi connectivity index (χ1n) is 6.35. The number of nitrogens with one attached hydrogen (secondary N) is 1. The van der Waals surface area contributed by atoms with Crippen molar-refractivity contribution in [3.8, 4) is 11.1 Å². The Labute approximate surface area is 118 Å². The number of anilines is 1. The minimum Gasteiger partial charge on any atom is -0.480 e. The van der Waals surface area contributed by atoms with Gasteiger partial charge in [0.25, 0.3) is 0 Å². The van der Waals surface area contributed by atoms with Crippen LogP contribution >= 0.6 is 0 Å². The van der Waals surface area contributed by atoms with Gasteiger partial charge in [-0.3, -0.25) is 0 Å². The molecule has 1 atom stereocenters. The molecule has 0 aliphatic rings. The van der Waals surface area contributed by atoms with Crippen LogP contribution in [0.5, 0.6) is 0 Å². The second-order valence-electron chi connectivity index (χ2n) is 4.40. The maximum absolute atomic E-state index is 11.2. The lowest BCUT2D eigenvalue weighted by Gasteiger charge is -2.17. The van der Waals surface area contributed by atoms with Crippen molar-refractivity contribution in [2.75, 3.05) is 19.0 Å². The van der Waals surface area contributed by atoms with Crippen molar-refractivity contribution in [1.29, 1.82) is 0 Å². The summed E-state index contributed by atoms with van der Waals surface area (Å²) in [4.78, 5) is 11.2. The third kappa shape index (κ3) is 3.36. The monoisotopic (exact) mass is 271 g/mol. The van der Waals surface area contributed by atoms with Crippen molar-refractivity contribution in [2.24, 2.45) is 0 Å². The van der Waals surface area contributed by atoms with E-state index in [1.54, 1.807) is 0 Å². The van der Waals surface area contributed by atoms with Gasteiger partial charge < -0.3 is 15.2 Å². The molecule has 0 fully saturated rings. The number of para-hydroxylation sites is 1. The number of benzene rings is 2. The first-order chi connectivity index (χ1) is 9.72. The summed E-state index contributed by atoms with van der Waals surface area (Å²) in [5.74, 6) is -0.935. The van der Waals surface area contributed by atoms with Crippen LogP contribution in [0.25, 0.3) is 11.1 Å². The van der Waals surface area contributed by atoms with Crippen LogP contribution in [0.3, 0.4) is 0 Å². The smallest absolute Gasteiger partial charge is 0.328 e. The molecule has 0 bridgehead atoms. The maximum Gasteiger partial charge on any atom is 0.328 e. The topological polar surface area (TPSA) is 58.6 Å². The van der Waals surface area contributed by atoms with Gasteiger partial charge in [-0.2, -0.15) is 0 Å². The molecule has 0 spiro atoms. The van der Waals surface area contributed by atoms with Crippen LogP contribution < -0.4 is 5.32 Å². The second-order valence-corrected chi connectivity index (χ2v) is 4.40. The predicted molar refractivity (Wildman–Crippen MR) is 78.8 cm³/mol. The van der Waals surface area contributed by atoms with Gasteiger partial charge in [0.2, 0.25) is 0 Å². The molecule has 2 N–H and O–H groups in total. The Morgan fingerprint density at radius 1 is 1.15 bits per heavy atom. The molecule has 0 heterocycles. The van der Waals surface area contributed by atoms with Gasteiger partial charge in [0.15, 0.2) is 0 Å². The zero-order valence-corrected chi connectivity index (χ0v) is 11.2. The molecule has 0 radical (unpaired) electrons. The largest absolute Gasteiger partial charge is 0.480 e. The van der Waals surface area contributed by atoms with Crippen LogP contribution in [0, 0.1) is 0 Å². The lowest BCUT2D eigenvalue weighted by atomic mass is 10.0. The van der Waals surface area contributed by atoms with Gasteiger partial charge in [0, 0.05) is 18.4 Å². The summed E-state index contributed by atoms with van der Waals surface area (Å²) in [6.45, 7) is 0.110. The van der Waals surface area contributed by atoms with E-state index in [1.165, 1.54) is 7.11 Å². The minimum absolute atomic E-state index is 0.110. The van der Waals surface area contributed by atoms with Gasteiger partial charge >= 0.3 is 5.97 Å². The average molecular weight is 271 g/mol. The molecule has 4 heteroatoms. The molecule has 2 rings (SSSR count). The number of carboxylic acid groups (broad SMARTS) is 1. The maximum atomic E-state index is 11.2. The molecule has 104 valence electrons. The van der Waals surface area contributed by atoms with Gasteiger partial charge in [-0.15, -0.1) is 0 Å². The van der Waals surface area contributed by atoms with Gasteiger partial charge in [0.1, 0.15) is 6.04 Å². The fourth-order valence-corrected chi connectivity index (χ4v) is 2.01. The molecule has 0 aliphatic carbocycles. The number of methoxy groups -OCH3 is 1. The molecular weight excluding hydrogens is 254 g/mol. The van der Waals surface area contributed by atoms with Crippen LogP contribution in [0.15, 0.2) is 54.6 Å². The normalized spacial score (nSPS) is 11.8. The molecule has 1 unspecified atom stereocenters. The van der Waals surface area contributed by atoms with Gasteiger partial charge in [-0.1, -0.05) is 48.5 Å². The minimum atomic E-state index is -0.935. The van der Waals surface area contributed by atoms with Crippen LogP contribution in [-0.4, -0.2) is 30.8 Å². The van der Waals surface area contributed by atoms with Crippen LogP contribution in [0.1, 0.15) is 0 Å². The molecule has 0 aromatic heterocycles. The fourth-order valence-electron chi connectivity index (χ4n) is 2.01. The third-order valence-corrected chi connectivity index (χ3v) is 2.97. The molecule has 0 saturated heterocycles. The second kappa shape index (κ2) is 6.73. The van der Waals surface area contributed by atoms with Crippen LogP contribution in [-0.2, 0) is 9.53 Å². The van der Waals surface area contributed by atoms with Gasteiger partial charge in [-0.25, -0.2) is 4.79 Å². The first-order valence-corrected chi connectivity index (χ1v) is 6.35. The molecule has 4 nitrogen and oxygen atoms in total. The Morgan fingerprint density at radius 2 is 1.80 bits per heavy atom. The van der Waals surface area contributed by atoms with E-state index in [0.717, 1.165) is 16.8 Å². The van der Waals surface area contributed by atoms with Crippen molar-refractivity contribution in [1.82, 2.24) is 0 Å². The van der Waals surface area contributed by atoms with Crippen molar-refractivity contribution >= 4 is 11.7 Å². The van der Waals surface area contributed by atoms with E-state index in [4.69, 9.17) is 4.74 Å². The molecule has 0 saturated carbocycles. The van der Waals surface area contributed by atoms with Crippen molar-refractivity contribution < 1.29 is 14.6 Å². The molecule has 2 aromatic rings. The number of hydrogen-bond acceptors (Lipinski definition) is 3. The average Bonchev–Trinajstić information content (AvgIpc) is 2.48. The van der Waals surface area contributed by atoms with Gasteiger partial charge in [-0.05, 0) is 11.6 Å². The number of hydrogen-bond donors (Lipinski definition) is 2. The summed E-state index contributed by atoms with van der Waals surface area (Å²) in [7, 11) is 1.49. The molecule has 2 aromatic carbocycles. The first kappa shape index (κ1) is 14.1. The SMILES string of the molecule is COCC(Nc1ccccc1-c1ccccc1)C(=O)O. The number of rotatable bonds is 6. The standard InChI is InChI=1S/C16H17NO3/c1-20-11-15(16(18)19)17-14-10-6-5-9-13(14)12-7-3-2-4-8-12/h2-10,15,17H,11H2,1H3,(H,18,19).